The van der Waals surface area contributed by atoms with Crippen LogP contribution in [0, 0.1) is 0 Å². The second-order valence-corrected chi connectivity index (χ2v) is 3.71. The fourth-order valence-corrected chi connectivity index (χ4v) is 1.36. The van der Waals surface area contributed by atoms with Crippen LogP contribution in [0.1, 0.15) is 26.2 Å². The van der Waals surface area contributed by atoms with Gasteiger partial charge in [-0.2, -0.15) is 0 Å². The molecule has 0 aliphatic rings. The van der Waals surface area contributed by atoms with E-state index in [4.69, 9.17) is 5.73 Å². The van der Waals surface area contributed by atoms with Gasteiger partial charge in [0.15, 0.2) is 0 Å². The van der Waals surface area contributed by atoms with E-state index in [0.29, 0.717) is 6.54 Å². The van der Waals surface area contributed by atoms with Crippen molar-refractivity contribution in [3.63, 3.8) is 0 Å². The molecule has 4 nitrogen and oxygen atoms in total. The third-order valence-electron chi connectivity index (χ3n) is 2.33. The van der Waals surface area contributed by atoms with E-state index in [2.05, 4.69) is 17.1 Å². The zero-order chi connectivity index (χ0) is 11.0. The fourth-order valence-electron chi connectivity index (χ4n) is 1.36. The van der Waals surface area contributed by atoms with Crippen LogP contribution in [0.25, 0.3) is 0 Å². The Kier molecular flexibility index (Phi) is 7.42. The molecule has 1 atom stereocenters. The number of hydrogen-bond donors (Lipinski definition) is 2. The van der Waals surface area contributed by atoms with Crippen LogP contribution in [-0.4, -0.2) is 44.0 Å². The van der Waals surface area contributed by atoms with Gasteiger partial charge >= 0.3 is 0 Å². The van der Waals surface area contributed by atoms with Crippen molar-refractivity contribution in [3.8, 4) is 0 Å². The third kappa shape index (κ3) is 5.94. The monoisotopic (exact) mass is 201 g/mol. The summed E-state index contributed by atoms with van der Waals surface area (Å²) in [4.78, 5) is 13.1. The lowest BCUT2D eigenvalue weighted by molar-refractivity contribution is -0.120. The molecule has 0 aromatic heterocycles. The van der Waals surface area contributed by atoms with E-state index in [1.54, 1.807) is 7.05 Å². The number of unbranched alkanes of at least 4 members (excludes halogenated alkanes) is 2. The topological polar surface area (TPSA) is 58.4 Å². The molecule has 0 aliphatic heterocycles. The van der Waals surface area contributed by atoms with Crippen molar-refractivity contribution < 1.29 is 4.79 Å². The van der Waals surface area contributed by atoms with Gasteiger partial charge in [0.1, 0.15) is 0 Å². The predicted octanol–water partition coefficient (Wildman–Crippen LogP) is 0.182. The summed E-state index contributed by atoms with van der Waals surface area (Å²) < 4.78 is 0. The van der Waals surface area contributed by atoms with Crippen LogP contribution in [0.4, 0.5) is 0 Å². The summed E-state index contributed by atoms with van der Waals surface area (Å²) in [5.41, 5.74) is 5.22. The summed E-state index contributed by atoms with van der Waals surface area (Å²) in [7, 11) is 3.78. The van der Waals surface area contributed by atoms with Crippen LogP contribution in [-0.2, 0) is 4.79 Å². The Hall–Kier alpha value is -0.610. The lowest BCUT2D eigenvalue weighted by Gasteiger charge is -2.21. The van der Waals surface area contributed by atoms with Crippen LogP contribution in [0.5, 0.6) is 0 Å². The Morgan fingerprint density at radius 3 is 2.57 bits per heavy atom. The summed E-state index contributed by atoms with van der Waals surface area (Å²) >= 11 is 0. The third-order valence-corrected chi connectivity index (χ3v) is 2.33. The average molecular weight is 201 g/mol. The molecule has 3 N–H and O–H groups in total. The molecule has 0 saturated carbocycles. The van der Waals surface area contributed by atoms with Gasteiger partial charge in [0.25, 0.3) is 0 Å². The van der Waals surface area contributed by atoms with Crippen LogP contribution < -0.4 is 11.1 Å². The highest BCUT2D eigenvalue weighted by atomic mass is 16.1. The molecule has 1 unspecified atom stereocenters. The maximum atomic E-state index is 10.9. The molecular formula is C10H23N3O. The summed E-state index contributed by atoms with van der Waals surface area (Å²) in [6, 6.07) is -0.235. The van der Waals surface area contributed by atoms with Crippen molar-refractivity contribution >= 4 is 5.91 Å². The van der Waals surface area contributed by atoms with E-state index in [1.165, 1.54) is 19.3 Å². The first-order valence-corrected chi connectivity index (χ1v) is 5.27. The molecule has 0 heterocycles. The second-order valence-electron chi connectivity index (χ2n) is 3.71. The zero-order valence-corrected chi connectivity index (χ0v) is 9.55. The number of nitrogens with zero attached hydrogens (tertiary/aromatic N) is 1. The van der Waals surface area contributed by atoms with Crippen molar-refractivity contribution in [3.05, 3.63) is 0 Å². The Bertz CT molecular complexity index is 161. The maximum Gasteiger partial charge on any atom is 0.235 e. The summed E-state index contributed by atoms with van der Waals surface area (Å²) in [6.45, 7) is 3.90. The van der Waals surface area contributed by atoms with E-state index in [-0.39, 0.29) is 11.9 Å². The number of carbonyl (C=O) groups is 1. The first-order valence-electron chi connectivity index (χ1n) is 5.27. The van der Waals surface area contributed by atoms with Crippen molar-refractivity contribution in [2.45, 2.75) is 32.2 Å². The zero-order valence-electron chi connectivity index (χ0n) is 9.55. The van der Waals surface area contributed by atoms with E-state index < -0.39 is 0 Å². The summed E-state index contributed by atoms with van der Waals surface area (Å²) in [6.07, 6.45) is 3.65. The van der Waals surface area contributed by atoms with E-state index in [1.807, 2.05) is 7.05 Å². The predicted molar refractivity (Wildman–Crippen MR) is 59.1 cm³/mol. The highest BCUT2D eigenvalue weighted by Gasteiger charge is 2.14. The Labute approximate surface area is 86.8 Å². The van der Waals surface area contributed by atoms with Gasteiger partial charge in [-0.3, -0.25) is 4.79 Å². The number of carbonyl (C=O) groups excluding carboxylic acids is 1. The molecule has 0 saturated heterocycles. The minimum atomic E-state index is -0.283. The minimum absolute atomic E-state index is 0.235. The normalized spacial score (nSPS) is 13.1. The van der Waals surface area contributed by atoms with Gasteiger partial charge in [-0.15, -0.1) is 0 Å². The number of likely N-dealkylation sites (N-methyl/N-ethyl adjacent to an activating group) is 2. The highest BCUT2D eigenvalue weighted by Crippen LogP contribution is 1.97. The molecule has 4 heteroatoms. The fraction of sp³-hybridized carbons (Fsp3) is 0.900. The van der Waals surface area contributed by atoms with Gasteiger partial charge in [-0.1, -0.05) is 19.8 Å². The van der Waals surface area contributed by atoms with E-state index in [0.717, 1.165) is 6.54 Å². The Balaban J connectivity index is 3.67. The number of rotatable bonds is 8. The van der Waals surface area contributed by atoms with E-state index in [9.17, 15) is 4.79 Å². The molecule has 14 heavy (non-hydrogen) atoms. The van der Waals surface area contributed by atoms with Gasteiger partial charge < -0.3 is 16.0 Å². The first kappa shape index (κ1) is 13.4. The lowest BCUT2D eigenvalue weighted by atomic mass is 10.2. The van der Waals surface area contributed by atoms with Crippen molar-refractivity contribution in [2.75, 3.05) is 27.2 Å². The number of hydrogen-bond acceptors (Lipinski definition) is 3. The minimum Gasteiger partial charge on any atom is -0.368 e. The smallest absolute Gasteiger partial charge is 0.235 e. The van der Waals surface area contributed by atoms with Crippen molar-refractivity contribution in [1.82, 2.24) is 10.2 Å². The standard InChI is InChI=1S/C10H23N3O/c1-4-5-6-7-13(3)8-9(12-2)10(11)14/h9,12H,4-8H2,1-3H3,(H2,11,14). The SMILES string of the molecule is CCCCCN(C)CC(NC)C(N)=O. The largest absolute Gasteiger partial charge is 0.368 e. The molecular weight excluding hydrogens is 178 g/mol. The van der Waals surface area contributed by atoms with Gasteiger partial charge in [0, 0.05) is 6.54 Å². The van der Waals surface area contributed by atoms with Gasteiger partial charge in [0.2, 0.25) is 5.91 Å². The van der Waals surface area contributed by atoms with Gasteiger partial charge in [-0.25, -0.2) is 0 Å². The molecule has 0 bridgehead atoms. The van der Waals surface area contributed by atoms with Gasteiger partial charge in [-0.05, 0) is 27.1 Å². The lowest BCUT2D eigenvalue weighted by Crippen LogP contribution is -2.46. The summed E-state index contributed by atoms with van der Waals surface area (Å²) in [5.74, 6) is -0.283. The molecule has 0 aromatic carbocycles. The van der Waals surface area contributed by atoms with Crippen LogP contribution in [0.3, 0.4) is 0 Å². The van der Waals surface area contributed by atoms with Crippen LogP contribution >= 0.6 is 0 Å². The Morgan fingerprint density at radius 2 is 2.14 bits per heavy atom. The number of amides is 1. The van der Waals surface area contributed by atoms with Crippen LogP contribution in [0.2, 0.25) is 0 Å². The number of nitrogens with one attached hydrogen (secondary N) is 1. The maximum absolute atomic E-state index is 10.9. The number of primary amides is 1. The molecule has 0 aromatic rings. The molecule has 0 fully saturated rings. The second kappa shape index (κ2) is 7.76. The van der Waals surface area contributed by atoms with Crippen LogP contribution in [0.15, 0.2) is 0 Å². The average Bonchev–Trinajstić information content (AvgIpc) is 2.14. The molecule has 0 spiro atoms. The molecule has 84 valence electrons. The first-order chi connectivity index (χ1) is 6.61. The molecule has 1 amide bonds. The van der Waals surface area contributed by atoms with Crippen molar-refractivity contribution in [2.24, 2.45) is 5.73 Å². The summed E-state index contributed by atoms with van der Waals surface area (Å²) in [5, 5.41) is 2.91. The molecule has 0 aliphatic carbocycles. The van der Waals surface area contributed by atoms with Crippen molar-refractivity contribution in [1.29, 1.82) is 0 Å². The quantitative estimate of drug-likeness (QED) is 0.551. The molecule has 0 radical (unpaired) electrons. The highest BCUT2D eigenvalue weighted by molar-refractivity contribution is 5.80. The Morgan fingerprint density at radius 1 is 1.50 bits per heavy atom. The number of nitrogens with two attached hydrogens (primary N) is 1. The molecule has 0 rings (SSSR count). The van der Waals surface area contributed by atoms with Gasteiger partial charge in [0.05, 0.1) is 6.04 Å². The van der Waals surface area contributed by atoms with E-state index >= 15 is 0 Å².